The van der Waals surface area contributed by atoms with Crippen molar-refractivity contribution in [3.8, 4) is 0 Å². The van der Waals surface area contributed by atoms with Crippen LogP contribution in [0.15, 0.2) is 29.2 Å². The maximum atomic E-state index is 12.6. The van der Waals surface area contributed by atoms with E-state index in [9.17, 15) is 4.79 Å². The van der Waals surface area contributed by atoms with Gasteiger partial charge in [-0.2, -0.15) is 0 Å². The first-order valence-electron chi connectivity index (χ1n) is 6.75. The molecule has 3 nitrogen and oxygen atoms in total. The monoisotopic (exact) mass is 278 g/mol. The van der Waals surface area contributed by atoms with Crippen molar-refractivity contribution in [2.75, 3.05) is 24.7 Å². The van der Waals surface area contributed by atoms with E-state index >= 15 is 0 Å². The SMILES string of the molecule is CSc1ccc(NC(=O)C2(C(C)C)CCNC2)cc1. The Balaban J connectivity index is 2.10. The fourth-order valence-electron chi connectivity index (χ4n) is 2.59. The summed E-state index contributed by atoms with van der Waals surface area (Å²) < 4.78 is 0. The van der Waals surface area contributed by atoms with E-state index in [0.29, 0.717) is 5.92 Å². The van der Waals surface area contributed by atoms with Gasteiger partial charge in [-0.15, -0.1) is 11.8 Å². The Labute approximate surface area is 119 Å². The number of hydrogen-bond acceptors (Lipinski definition) is 3. The molecular weight excluding hydrogens is 256 g/mol. The van der Waals surface area contributed by atoms with Gasteiger partial charge in [0, 0.05) is 17.1 Å². The second-order valence-electron chi connectivity index (χ2n) is 5.42. The fourth-order valence-corrected chi connectivity index (χ4v) is 3.00. The second-order valence-corrected chi connectivity index (χ2v) is 6.30. The van der Waals surface area contributed by atoms with Crippen LogP contribution in [0.4, 0.5) is 5.69 Å². The van der Waals surface area contributed by atoms with E-state index in [2.05, 4.69) is 24.5 Å². The summed E-state index contributed by atoms with van der Waals surface area (Å²) >= 11 is 1.70. The molecule has 0 aromatic heterocycles. The summed E-state index contributed by atoms with van der Waals surface area (Å²) in [5.41, 5.74) is 0.618. The highest BCUT2D eigenvalue weighted by molar-refractivity contribution is 7.98. The van der Waals surface area contributed by atoms with Crippen molar-refractivity contribution in [2.24, 2.45) is 11.3 Å². The summed E-state index contributed by atoms with van der Waals surface area (Å²) in [6.45, 7) is 5.96. The first-order valence-corrected chi connectivity index (χ1v) is 7.97. The smallest absolute Gasteiger partial charge is 0.232 e. The van der Waals surface area contributed by atoms with E-state index in [4.69, 9.17) is 0 Å². The number of carbonyl (C=O) groups is 1. The Bertz CT molecular complexity index is 436. The van der Waals surface area contributed by atoms with Gasteiger partial charge in [-0.05, 0) is 49.4 Å². The van der Waals surface area contributed by atoms with Crippen LogP contribution in [0, 0.1) is 11.3 Å². The molecule has 0 spiro atoms. The highest BCUT2D eigenvalue weighted by Crippen LogP contribution is 2.35. The Morgan fingerprint density at radius 1 is 1.37 bits per heavy atom. The summed E-state index contributed by atoms with van der Waals surface area (Å²) in [4.78, 5) is 13.8. The van der Waals surface area contributed by atoms with Gasteiger partial charge in [0.2, 0.25) is 5.91 Å². The quantitative estimate of drug-likeness (QED) is 0.832. The molecule has 1 amide bonds. The Morgan fingerprint density at radius 2 is 2.05 bits per heavy atom. The average molecular weight is 278 g/mol. The molecule has 1 heterocycles. The summed E-state index contributed by atoms with van der Waals surface area (Å²) in [5, 5.41) is 6.38. The Hall–Kier alpha value is -1.00. The van der Waals surface area contributed by atoms with Crippen molar-refractivity contribution in [2.45, 2.75) is 25.2 Å². The molecule has 1 unspecified atom stereocenters. The second kappa shape index (κ2) is 5.97. The van der Waals surface area contributed by atoms with Gasteiger partial charge < -0.3 is 10.6 Å². The van der Waals surface area contributed by atoms with E-state index in [-0.39, 0.29) is 11.3 Å². The minimum atomic E-state index is -0.266. The molecule has 1 aromatic rings. The van der Waals surface area contributed by atoms with Crippen LogP contribution in [-0.4, -0.2) is 25.3 Å². The van der Waals surface area contributed by atoms with Gasteiger partial charge in [-0.25, -0.2) is 0 Å². The maximum Gasteiger partial charge on any atom is 0.232 e. The largest absolute Gasteiger partial charge is 0.326 e. The van der Waals surface area contributed by atoms with Crippen LogP contribution in [0.25, 0.3) is 0 Å². The number of nitrogens with one attached hydrogen (secondary N) is 2. The number of anilines is 1. The third-order valence-electron chi connectivity index (χ3n) is 4.09. The van der Waals surface area contributed by atoms with Gasteiger partial charge in [0.25, 0.3) is 0 Å². The van der Waals surface area contributed by atoms with E-state index in [1.165, 1.54) is 4.90 Å². The molecule has 19 heavy (non-hydrogen) atoms. The van der Waals surface area contributed by atoms with Crippen LogP contribution in [0.3, 0.4) is 0 Å². The Morgan fingerprint density at radius 3 is 2.53 bits per heavy atom. The minimum absolute atomic E-state index is 0.143. The van der Waals surface area contributed by atoms with Crippen LogP contribution in [0.2, 0.25) is 0 Å². The van der Waals surface area contributed by atoms with Gasteiger partial charge >= 0.3 is 0 Å². The first kappa shape index (κ1) is 14.4. The number of thioether (sulfide) groups is 1. The molecule has 1 atom stereocenters. The number of carbonyl (C=O) groups excluding carboxylic acids is 1. The third kappa shape index (κ3) is 2.95. The average Bonchev–Trinajstić information content (AvgIpc) is 2.90. The van der Waals surface area contributed by atoms with Crippen LogP contribution < -0.4 is 10.6 Å². The molecule has 1 aliphatic heterocycles. The zero-order valence-corrected chi connectivity index (χ0v) is 12.6. The highest BCUT2D eigenvalue weighted by atomic mass is 32.2. The molecular formula is C15H22N2OS. The molecule has 2 rings (SSSR count). The lowest BCUT2D eigenvalue weighted by Gasteiger charge is -2.31. The van der Waals surface area contributed by atoms with Crippen molar-refractivity contribution in [1.82, 2.24) is 5.32 Å². The van der Waals surface area contributed by atoms with E-state index in [1.807, 2.05) is 30.5 Å². The van der Waals surface area contributed by atoms with Crippen molar-refractivity contribution in [3.63, 3.8) is 0 Å². The lowest BCUT2D eigenvalue weighted by atomic mass is 9.75. The normalized spacial score (nSPS) is 22.7. The molecule has 1 aromatic carbocycles. The van der Waals surface area contributed by atoms with Crippen LogP contribution in [0.1, 0.15) is 20.3 Å². The number of rotatable bonds is 4. The van der Waals surface area contributed by atoms with Gasteiger partial charge in [0.15, 0.2) is 0 Å². The zero-order chi connectivity index (χ0) is 13.9. The lowest BCUT2D eigenvalue weighted by Crippen LogP contribution is -2.42. The minimum Gasteiger partial charge on any atom is -0.326 e. The highest BCUT2D eigenvalue weighted by Gasteiger charge is 2.43. The van der Waals surface area contributed by atoms with Crippen molar-refractivity contribution >= 4 is 23.4 Å². The predicted molar refractivity (Wildman–Crippen MR) is 81.6 cm³/mol. The Kier molecular flexibility index (Phi) is 4.53. The number of benzene rings is 1. The summed E-state index contributed by atoms with van der Waals surface area (Å²) in [5.74, 6) is 0.484. The third-order valence-corrected chi connectivity index (χ3v) is 4.84. The summed E-state index contributed by atoms with van der Waals surface area (Å²) in [7, 11) is 0. The predicted octanol–water partition coefficient (Wildman–Crippen LogP) is 2.98. The number of hydrogen-bond donors (Lipinski definition) is 2. The van der Waals surface area contributed by atoms with E-state index in [0.717, 1.165) is 25.2 Å². The van der Waals surface area contributed by atoms with Gasteiger partial charge in [-0.3, -0.25) is 4.79 Å². The molecule has 1 aliphatic rings. The summed E-state index contributed by atoms with van der Waals surface area (Å²) in [6, 6.07) is 8.02. The molecule has 0 radical (unpaired) electrons. The standard InChI is InChI=1S/C15H22N2OS/c1-11(2)15(8-9-16-10-15)14(18)17-12-4-6-13(19-3)7-5-12/h4-7,11,16H,8-10H2,1-3H3,(H,17,18). The topological polar surface area (TPSA) is 41.1 Å². The van der Waals surface area contributed by atoms with Crippen molar-refractivity contribution in [3.05, 3.63) is 24.3 Å². The molecule has 2 N–H and O–H groups in total. The lowest BCUT2D eigenvalue weighted by molar-refractivity contribution is -0.126. The molecule has 104 valence electrons. The van der Waals surface area contributed by atoms with Gasteiger partial charge in [0.05, 0.1) is 5.41 Å². The first-order chi connectivity index (χ1) is 9.08. The van der Waals surface area contributed by atoms with Gasteiger partial charge in [-0.1, -0.05) is 13.8 Å². The molecule has 0 bridgehead atoms. The van der Waals surface area contributed by atoms with E-state index < -0.39 is 0 Å². The van der Waals surface area contributed by atoms with Crippen LogP contribution >= 0.6 is 11.8 Å². The van der Waals surface area contributed by atoms with Crippen LogP contribution in [-0.2, 0) is 4.79 Å². The van der Waals surface area contributed by atoms with Crippen molar-refractivity contribution in [1.29, 1.82) is 0 Å². The molecule has 0 aliphatic carbocycles. The van der Waals surface area contributed by atoms with E-state index in [1.54, 1.807) is 11.8 Å². The molecule has 0 saturated carbocycles. The zero-order valence-electron chi connectivity index (χ0n) is 11.8. The maximum absolute atomic E-state index is 12.6. The van der Waals surface area contributed by atoms with Gasteiger partial charge in [0.1, 0.15) is 0 Å². The summed E-state index contributed by atoms with van der Waals surface area (Å²) in [6.07, 6.45) is 2.96. The number of amides is 1. The molecule has 1 saturated heterocycles. The molecule has 1 fully saturated rings. The fraction of sp³-hybridized carbons (Fsp3) is 0.533. The molecule has 4 heteroatoms. The van der Waals surface area contributed by atoms with Crippen molar-refractivity contribution < 1.29 is 4.79 Å². The van der Waals surface area contributed by atoms with Crippen LogP contribution in [0.5, 0.6) is 0 Å².